The van der Waals surface area contributed by atoms with Crippen molar-refractivity contribution in [3.8, 4) is 0 Å². The third kappa shape index (κ3) is 12.9. The van der Waals surface area contributed by atoms with Crippen molar-refractivity contribution in [2.75, 3.05) is 33.0 Å². The van der Waals surface area contributed by atoms with Crippen LogP contribution in [0.2, 0.25) is 0 Å². The Kier molecular flexibility index (Phi) is 22.0. The summed E-state index contributed by atoms with van der Waals surface area (Å²) in [6.45, 7) is 15.3. The second-order valence-corrected chi connectivity index (χ2v) is 29.2. The van der Waals surface area contributed by atoms with Crippen LogP contribution in [0.5, 0.6) is 0 Å². The summed E-state index contributed by atoms with van der Waals surface area (Å²) in [5.41, 5.74) is -3.09. The van der Waals surface area contributed by atoms with E-state index >= 15 is 0 Å². The van der Waals surface area contributed by atoms with E-state index in [1.807, 2.05) is 0 Å². The average molecular weight is 1290 g/mol. The second kappa shape index (κ2) is 27.3. The molecule has 4 aliphatic carbocycles. The first-order valence-electron chi connectivity index (χ1n) is 31.8. The molecule has 0 aromatic carbocycles. The van der Waals surface area contributed by atoms with Gasteiger partial charge in [0.2, 0.25) is 0 Å². The molecule has 0 amide bonds. The Hall–Kier alpha value is -1.38. The van der Waals surface area contributed by atoms with Crippen LogP contribution in [0.25, 0.3) is 0 Å². The Morgan fingerprint density at radius 3 is 1.60 bits per heavy atom. The Morgan fingerprint density at radius 1 is 0.551 bits per heavy atom. The monoisotopic (exact) mass is 1280 g/mol. The van der Waals surface area contributed by atoms with Crippen molar-refractivity contribution in [3.05, 3.63) is 11.6 Å². The van der Waals surface area contributed by atoms with Gasteiger partial charge >= 0.3 is 0 Å². The molecule has 28 heteroatoms. The van der Waals surface area contributed by atoms with Crippen LogP contribution in [-0.2, 0) is 47.4 Å². The molecular weight excluding hydrogens is 1180 g/mol. The van der Waals surface area contributed by atoms with Gasteiger partial charge in [0.05, 0.1) is 69.2 Å². The molecule has 0 bridgehead atoms. The lowest BCUT2D eigenvalue weighted by Crippen LogP contribution is -2.68. The Labute approximate surface area is 518 Å². The number of ether oxygens (including phenoxy) is 10. The molecule has 28 nitrogen and oxygen atoms in total. The van der Waals surface area contributed by atoms with Crippen LogP contribution >= 0.6 is 0 Å². The van der Waals surface area contributed by atoms with Crippen molar-refractivity contribution in [3.63, 3.8) is 0 Å². The van der Waals surface area contributed by atoms with Crippen molar-refractivity contribution in [1.29, 1.82) is 0 Å². The fourth-order valence-corrected chi connectivity index (χ4v) is 17.5. The van der Waals surface area contributed by atoms with E-state index < -0.39 is 221 Å². The topological polar surface area (TPSA) is 456 Å². The number of fused-ring (bicyclic) bond motifs is 5. The summed E-state index contributed by atoms with van der Waals surface area (Å²) < 4.78 is 59.8. The van der Waals surface area contributed by atoms with E-state index in [2.05, 4.69) is 54.5 Å². The molecule has 9 aliphatic rings. The van der Waals surface area contributed by atoms with Gasteiger partial charge in [0.25, 0.3) is 0 Å². The highest BCUT2D eigenvalue weighted by atomic mass is 16.8. The molecular formula is C61H104O28. The summed E-state index contributed by atoms with van der Waals surface area (Å²) >= 11 is 0. The minimum Gasteiger partial charge on any atom is -0.394 e. The van der Waals surface area contributed by atoms with Crippen LogP contribution in [0.1, 0.15) is 120 Å². The number of allylic oxidation sites excluding steroid dienone is 1. The maximum Gasteiger partial charge on any atom is 0.187 e. The predicted octanol–water partition coefficient (Wildman–Crippen LogP) is -3.99. The molecule has 34 atom stereocenters. The summed E-state index contributed by atoms with van der Waals surface area (Å²) in [5, 5.41) is 195. The molecule has 9 rings (SSSR count). The van der Waals surface area contributed by atoms with Gasteiger partial charge in [0.15, 0.2) is 31.5 Å². The third-order valence-electron chi connectivity index (χ3n) is 23.5. The number of hydrogen-bond donors (Lipinski definition) is 18. The van der Waals surface area contributed by atoms with E-state index in [1.165, 1.54) is 13.8 Å². The van der Waals surface area contributed by atoms with Crippen molar-refractivity contribution >= 4 is 0 Å². The fraction of sp³-hybridized carbons (Fsp3) is 0.967. The normalized spacial score (nSPS) is 51.8. The molecule has 89 heavy (non-hydrogen) atoms. The summed E-state index contributed by atoms with van der Waals surface area (Å²) in [6, 6.07) is 0. The molecule has 0 aromatic heterocycles. The molecule has 5 aliphatic heterocycles. The highest BCUT2D eigenvalue weighted by Gasteiger charge is 2.73. The zero-order valence-corrected chi connectivity index (χ0v) is 52.4. The lowest BCUT2D eigenvalue weighted by atomic mass is 9.34. The fourth-order valence-electron chi connectivity index (χ4n) is 17.5. The maximum atomic E-state index is 13.0. The molecule has 516 valence electrons. The summed E-state index contributed by atoms with van der Waals surface area (Å²) in [7, 11) is 0. The lowest BCUT2D eigenvalue weighted by molar-refractivity contribution is -0.374. The van der Waals surface area contributed by atoms with Gasteiger partial charge in [-0.25, -0.2) is 0 Å². The van der Waals surface area contributed by atoms with E-state index in [9.17, 15) is 91.9 Å². The van der Waals surface area contributed by atoms with Gasteiger partial charge in [0.1, 0.15) is 104 Å². The molecule has 0 unspecified atom stereocenters. The van der Waals surface area contributed by atoms with Crippen molar-refractivity contribution < 1.29 is 139 Å². The van der Waals surface area contributed by atoms with E-state index in [1.54, 1.807) is 0 Å². The molecule has 18 N–H and O–H groups in total. The Morgan fingerprint density at radius 2 is 1.06 bits per heavy atom. The zero-order chi connectivity index (χ0) is 65.6. The van der Waals surface area contributed by atoms with Gasteiger partial charge in [-0.1, -0.05) is 60.1 Å². The number of rotatable bonds is 20. The van der Waals surface area contributed by atoms with Gasteiger partial charge in [-0.3, -0.25) is 0 Å². The van der Waals surface area contributed by atoms with E-state index in [0.717, 1.165) is 18.4 Å². The maximum absolute atomic E-state index is 13.0. The molecule has 0 spiro atoms. The van der Waals surface area contributed by atoms with Crippen molar-refractivity contribution in [2.24, 2.45) is 44.8 Å². The van der Waals surface area contributed by atoms with E-state index in [4.69, 9.17) is 47.4 Å². The molecule has 8 fully saturated rings. The van der Waals surface area contributed by atoms with Gasteiger partial charge in [-0.05, 0) is 99.2 Å². The lowest BCUT2D eigenvalue weighted by Gasteiger charge is -2.71. The van der Waals surface area contributed by atoms with Gasteiger partial charge in [-0.2, -0.15) is 0 Å². The van der Waals surface area contributed by atoms with Gasteiger partial charge in [0, 0.05) is 17.3 Å². The minimum atomic E-state index is -1.89. The molecule has 5 saturated heterocycles. The number of aliphatic hydroxyl groups is 18. The Balaban J connectivity index is 0.891. The van der Waals surface area contributed by atoms with E-state index in [-0.39, 0.29) is 41.4 Å². The van der Waals surface area contributed by atoms with E-state index in [0.29, 0.717) is 32.1 Å². The van der Waals surface area contributed by atoms with Crippen LogP contribution < -0.4 is 0 Å². The first-order valence-corrected chi connectivity index (χ1v) is 31.8. The average Bonchev–Trinajstić information content (AvgIpc) is 1.65. The second-order valence-electron chi connectivity index (χ2n) is 29.2. The summed E-state index contributed by atoms with van der Waals surface area (Å²) in [6.07, 6.45) is -33.9. The van der Waals surface area contributed by atoms with Crippen molar-refractivity contribution in [1.82, 2.24) is 0 Å². The largest absolute Gasteiger partial charge is 0.394 e. The SMILES string of the molecule is C[C@H](CC[C@@H](O[C@@H]1O[C@H](CO[C@@H]2O[C@H](CO)[C@@H](O)[C@H](O)[C@H]2O)[C@@H](O)[C@H](O)[C@H]1O[C@@H]1O[C@H](CO)C[C@H](O)[C@H]1O)C(C)(C)O)[C@H]1CC[C@@]2(C)[C@@H]3CC=C4C(C)(C)[C@@H](O[C@@H]5O[C@H](CO[C@@H]6O[C@H](CO)[C@@H](O)[C@H](O)[C@H]6O)[C@@H](O)[C@H](O)[C@H]5O)CC[C@@]4(C)[C@]3(C)[C@H](O)C[C@]12C. The molecule has 0 aromatic rings. The molecule has 0 radical (unpaired) electrons. The van der Waals surface area contributed by atoms with Crippen LogP contribution in [-0.4, -0.2) is 296 Å². The van der Waals surface area contributed by atoms with Crippen LogP contribution in [0.15, 0.2) is 11.6 Å². The first-order chi connectivity index (χ1) is 41.5. The number of aliphatic hydroxyl groups excluding tert-OH is 17. The Bertz CT molecular complexity index is 2360. The zero-order valence-electron chi connectivity index (χ0n) is 52.4. The standard InChI is InChI=1S/C61H104O28/c1-25(10-13-37(57(4,5)79)88-55-50(89-53-38(67)28(65)18-26(20-62)82-53)46(75)42(71)32(86-55)24-81-52-48(77)44(73)40(69)30(22-64)84-52)27-14-16-58(6)34-12-11-33-56(2,3)36(15-17-59(33,7)61(34,9)35(66)19-60(27,58)8)87-54-49(78)45(74)41(70)31(85-54)23-80-51-47(76)43(72)39(68)29(21-63)83-51/h11,25-32,34-55,62-79H,10,12-24H2,1-9H3/t25-,26+,27-,28+,29-,30-,31-,32-,34+,35-,36+,37-,38-,39-,40-,41-,42-,43+,44+,45+,46+,47-,48-,49-,50-,51-,52-,53+,54+,55+,58+,59-,60-,61+/m1/s1. The van der Waals surface area contributed by atoms with Gasteiger partial charge < -0.3 is 139 Å². The van der Waals surface area contributed by atoms with Crippen molar-refractivity contribution in [2.45, 2.75) is 291 Å². The van der Waals surface area contributed by atoms with Crippen LogP contribution in [0.3, 0.4) is 0 Å². The summed E-state index contributed by atoms with van der Waals surface area (Å²) in [5.74, 6) is 0.0720. The summed E-state index contributed by atoms with van der Waals surface area (Å²) in [4.78, 5) is 0. The first kappa shape index (κ1) is 71.9. The third-order valence-corrected chi connectivity index (χ3v) is 23.5. The van der Waals surface area contributed by atoms with Crippen LogP contribution in [0, 0.1) is 44.8 Å². The predicted molar refractivity (Wildman–Crippen MR) is 303 cm³/mol. The highest BCUT2D eigenvalue weighted by Crippen LogP contribution is 2.78. The molecule has 3 saturated carbocycles. The van der Waals surface area contributed by atoms with Gasteiger partial charge in [-0.15, -0.1) is 0 Å². The number of hydrogen-bond acceptors (Lipinski definition) is 28. The van der Waals surface area contributed by atoms with Crippen LogP contribution in [0.4, 0.5) is 0 Å². The smallest absolute Gasteiger partial charge is 0.187 e. The highest BCUT2D eigenvalue weighted by molar-refractivity contribution is 5.36. The minimum absolute atomic E-state index is 0.0141. The molecule has 5 heterocycles. The quantitative estimate of drug-likeness (QED) is 0.0517.